The minimum atomic E-state index is 0.125. The van der Waals surface area contributed by atoms with Crippen LogP contribution in [0.15, 0.2) is 18.2 Å². The van der Waals surface area contributed by atoms with Crippen molar-refractivity contribution < 1.29 is 4.79 Å². The number of hydrogen-bond acceptors (Lipinski definition) is 6. The number of aromatic nitrogens is 2. The molecular weight excluding hydrogens is 370 g/mol. The highest BCUT2D eigenvalue weighted by Crippen LogP contribution is 2.40. The van der Waals surface area contributed by atoms with Gasteiger partial charge in [-0.15, -0.1) is 21.5 Å². The number of nitrogens with zero attached hydrogens (tertiary/aromatic N) is 4. The largest absolute Gasteiger partial charge is 0.364 e. The van der Waals surface area contributed by atoms with Crippen LogP contribution in [0.1, 0.15) is 33.0 Å². The summed E-state index contributed by atoms with van der Waals surface area (Å²) >= 11 is 7.37. The highest BCUT2D eigenvalue weighted by Gasteiger charge is 2.44. The summed E-state index contributed by atoms with van der Waals surface area (Å²) in [5, 5.41) is 20.7. The lowest BCUT2D eigenvalue weighted by Crippen LogP contribution is -2.33. The van der Waals surface area contributed by atoms with Crippen LogP contribution in [-0.2, 0) is 0 Å². The Morgan fingerprint density at radius 1 is 1.38 bits per heavy atom. The summed E-state index contributed by atoms with van der Waals surface area (Å²) in [4.78, 5) is 16.7. The van der Waals surface area contributed by atoms with E-state index in [1.165, 1.54) is 6.07 Å². The fraction of sp³-hybridized carbons (Fsp3) is 0.444. The van der Waals surface area contributed by atoms with Gasteiger partial charge in [0.05, 0.1) is 10.4 Å². The molecule has 1 aliphatic carbocycles. The Balaban J connectivity index is 1.47. The number of rotatable bonds is 3. The van der Waals surface area contributed by atoms with Crippen LogP contribution >= 0.6 is 22.9 Å². The number of amides is 1. The molecule has 3 atom stereocenters. The lowest BCUT2D eigenvalue weighted by molar-refractivity contribution is 0.0785. The van der Waals surface area contributed by atoms with Crippen LogP contribution in [0.2, 0.25) is 5.15 Å². The number of carbonyl (C=O) groups is 1. The average Bonchev–Trinajstić information content (AvgIpc) is 3.32. The van der Waals surface area contributed by atoms with Gasteiger partial charge in [-0.1, -0.05) is 11.6 Å². The van der Waals surface area contributed by atoms with E-state index in [9.17, 15) is 10.1 Å². The molecule has 1 saturated heterocycles. The van der Waals surface area contributed by atoms with Crippen molar-refractivity contribution in [1.29, 1.82) is 5.26 Å². The van der Waals surface area contributed by atoms with Crippen molar-refractivity contribution >= 4 is 34.7 Å². The maximum absolute atomic E-state index is 12.7. The number of fused-ring (bicyclic) bond motifs is 1. The lowest BCUT2D eigenvalue weighted by Gasteiger charge is -2.22. The molecule has 1 amide bonds. The van der Waals surface area contributed by atoms with E-state index >= 15 is 0 Å². The van der Waals surface area contributed by atoms with Crippen LogP contribution in [0.4, 0.5) is 5.82 Å². The number of thiophene rings is 1. The molecule has 3 heterocycles. The first kappa shape index (κ1) is 17.3. The molecule has 0 unspecified atom stereocenters. The maximum Gasteiger partial charge on any atom is 0.263 e. The average molecular weight is 388 g/mol. The number of nitriles is 1. The molecule has 0 bridgehead atoms. The topological polar surface area (TPSA) is 81.9 Å². The minimum absolute atomic E-state index is 0.125. The van der Waals surface area contributed by atoms with Gasteiger partial charge in [0.2, 0.25) is 0 Å². The van der Waals surface area contributed by atoms with Crippen LogP contribution in [0.3, 0.4) is 0 Å². The zero-order valence-electron chi connectivity index (χ0n) is 14.3. The number of nitrogens with one attached hydrogen (secondary N) is 1. The Kier molecular flexibility index (Phi) is 4.55. The molecule has 8 heteroatoms. The van der Waals surface area contributed by atoms with Crippen LogP contribution < -0.4 is 5.32 Å². The number of aryl methyl sites for hydroxylation is 1. The van der Waals surface area contributed by atoms with Gasteiger partial charge < -0.3 is 10.2 Å². The molecule has 0 aromatic carbocycles. The zero-order chi connectivity index (χ0) is 18.3. The van der Waals surface area contributed by atoms with E-state index in [4.69, 9.17) is 11.6 Å². The lowest BCUT2D eigenvalue weighted by atomic mass is 9.98. The van der Waals surface area contributed by atoms with E-state index in [2.05, 4.69) is 21.6 Å². The molecule has 2 aliphatic rings. The van der Waals surface area contributed by atoms with Gasteiger partial charge >= 0.3 is 0 Å². The third-order valence-corrected chi connectivity index (χ3v) is 6.48. The summed E-state index contributed by atoms with van der Waals surface area (Å²) in [6, 6.07) is 7.71. The quantitative estimate of drug-likeness (QED) is 0.873. The van der Waals surface area contributed by atoms with Crippen molar-refractivity contribution in [1.82, 2.24) is 15.1 Å². The van der Waals surface area contributed by atoms with Gasteiger partial charge in [0.25, 0.3) is 5.91 Å². The molecule has 2 aromatic rings. The van der Waals surface area contributed by atoms with Gasteiger partial charge in [-0.05, 0) is 43.9 Å². The second-order valence-electron chi connectivity index (χ2n) is 6.91. The van der Waals surface area contributed by atoms with Gasteiger partial charge in [0.1, 0.15) is 6.07 Å². The van der Waals surface area contributed by atoms with E-state index in [0.29, 0.717) is 23.2 Å². The number of hydrogen-bond donors (Lipinski definition) is 1. The van der Waals surface area contributed by atoms with Gasteiger partial charge in [-0.2, -0.15) is 5.26 Å². The molecule has 4 rings (SSSR count). The summed E-state index contributed by atoms with van der Waals surface area (Å²) in [6.45, 7) is 3.55. The summed E-state index contributed by atoms with van der Waals surface area (Å²) < 4.78 is 0. The molecule has 1 N–H and O–H groups in total. The summed E-state index contributed by atoms with van der Waals surface area (Å²) in [5.74, 6) is 1.45. The van der Waals surface area contributed by atoms with E-state index in [0.717, 1.165) is 35.7 Å². The number of anilines is 1. The van der Waals surface area contributed by atoms with Crippen molar-refractivity contribution in [2.24, 2.45) is 11.8 Å². The first-order valence-corrected chi connectivity index (χ1v) is 9.80. The standard InChI is InChI=1S/C18H18ClN5OS/c1-10-2-5-15(26-10)18(25)24-8-11-3-4-14(13(11)9-24)21-17-12(7-20)6-16(19)22-23-17/h2,5-6,11,13-14H,3-4,8-9H2,1H3,(H,21,23)/t11-,13+,14+/m0/s1. The smallest absolute Gasteiger partial charge is 0.263 e. The number of halogens is 1. The Morgan fingerprint density at radius 2 is 2.23 bits per heavy atom. The van der Waals surface area contributed by atoms with Crippen LogP contribution in [0, 0.1) is 30.1 Å². The maximum atomic E-state index is 12.7. The van der Waals surface area contributed by atoms with E-state index < -0.39 is 0 Å². The minimum Gasteiger partial charge on any atom is -0.364 e. The van der Waals surface area contributed by atoms with Gasteiger partial charge in [-0.25, -0.2) is 0 Å². The van der Waals surface area contributed by atoms with Crippen molar-refractivity contribution in [2.45, 2.75) is 25.8 Å². The van der Waals surface area contributed by atoms with Crippen molar-refractivity contribution in [2.75, 3.05) is 18.4 Å². The van der Waals surface area contributed by atoms with Gasteiger partial charge in [-0.3, -0.25) is 4.79 Å². The highest BCUT2D eigenvalue weighted by atomic mass is 35.5. The third-order valence-electron chi connectivity index (χ3n) is 5.30. The van der Waals surface area contributed by atoms with Crippen LogP contribution in [-0.4, -0.2) is 40.1 Å². The Hall–Kier alpha value is -2.17. The zero-order valence-corrected chi connectivity index (χ0v) is 15.8. The van der Waals surface area contributed by atoms with Crippen LogP contribution in [0.25, 0.3) is 0 Å². The van der Waals surface area contributed by atoms with Gasteiger partial charge in [0, 0.05) is 29.9 Å². The number of carbonyl (C=O) groups excluding carboxylic acids is 1. The predicted octanol–water partition coefficient (Wildman–Crippen LogP) is 3.33. The molecule has 6 nitrogen and oxygen atoms in total. The molecular formula is C18H18ClN5OS. The second kappa shape index (κ2) is 6.86. The molecule has 0 spiro atoms. The van der Waals surface area contributed by atoms with Crippen molar-refractivity contribution in [3.8, 4) is 6.07 Å². The summed E-state index contributed by atoms with van der Waals surface area (Å²) in [7, 11) is 0. The highest BCUT2D eigenvalue weighted by molar-refractivity contribution is 7.13. The van der Waals surface area contributed by atoms with Crippen molar-refractivity contribution in [3.05, 3.63) is 38.7 Å². The normalized spacial score (nSPS) is 24.3. The van der Waals surface area contributed by atoms with Crippen LogP contribution in [0.5, 0.6) is 0 Å². The molecule has 2 fully saturated rings. The third kappa shape index (κ3) is 3.15. The van der Waals surface area contributed by atoms with Crippen molar-refractivity contribution in [3.63, 3.8) is 0 Å². The first-order chi connectivity index (χ1) is 12.5. The predicted molar refractivity (Wildman–Crippen MR) is 100 cm³/mol. The van der Waals surface area contributed by atoms with E-state index in [-0.39, 0.29) is 17.1 Å². The molecule has 134 valence electrons. The Bertz CT molecular complexity index is 892. The Labute approximate surface area is 160 Å². The van der Waals surface area contributed by atoms with E-state index in [1.54, 1.807) is 11.3 Å². The van der Waals surface area contributed by atoms with Gasteiger partial charge in [0.15, 0.2) is 11.0 Å². The molecule has 26 heavy (non-hydrogen) atoms. The molecule has 2 aromatic heterocycles. The fourth-order valence-electron chi connectivity index (χ4n) is 4.05. The first-order valence-electron chi connectivity index (χ1n) is 8.60. The fourth-order valence-corrected chi connectivity index (χ4v) is 5.03. The molecule has 0 radical (unpaired) electrons. The number of likely N-dealkylation sites (tertiary alicyclic amines) is 1. The van der Waals surface area contributed by atoms with E-state index in [1.807, 2.05) is 24.0 Å². The Morgan fingerprint density at radius 3 is 2.96 bits per heavy atom. The molecule has 1 saturated carbocycles. The molecule has 1 aliphatic heterocycles. The summed E-state index contributed by atoms with van der Waals surface area (Å²) in [5.41, 5.74) is 0.397. The SMILES string of the molecule is Cc1ccc(C(=O)N2C[C@@H]3CC[C@@H](Nc4nnc(Cl)cc4C#N)[C@@H]3C2)s1. The monoisotopic (exact) mass is 387 g/mol. The summed E-state index contributed by atoms with van der Waals surface area (Å²) in [6.07, 6.45) is 2.07. The second-order valence-corrected chi connectivity index (χ2v) is 8.59.